The van der Waals surface area contributed by atoms with Crippen LogP contribution in [0.25, 0.3) is 5.57 Å². The number of hydrogen-bond donors (Lipinski definition) is 0. The van der Waals surface area contributed by atoms with Gasteiger partial charge in [0.05, 0.1) is 8.07 Å². The topological polar surface area (TPSA) is 20.3 Å². The summed E-state index contributed by atoms with van der Waals surface area (Å²) in [6, 6.07) is 10.1. The second-order valence-electron chi connectivity index (χ2n) is 6.18. The molecule has 0 aliphatic heterocycles. The van der Waals surface area contributed by atoms with Crippen molar-refractivity contribution in [3.8, 4) is 0 Å². The fourth-order valence-corrected chi connectivity index (χ4v) is 2.64. The minimum Gasteiger partial charge on any atom is -0.340 e. The number of hydrogen-bond acceptors (Lipinski definition) is 1. The summed E-state index contributed by atoms with van der Waals surface area (Å²) in [4.78, 5) is 14.2. The highest BCUT2D eigenvalue weighted by Crippen LogP contribution is 2.18. The third kappa shape index (κ3) is 6.13. The molecule has 2 nitrogen and oxygen atoms in total. The normalized spacial score (nSPS) is 12.7. The predicted octanol–water partition coefficient (Wildman–Crippen LogP) is 4.37. The molecular formula is C18H27NOSi. The van der Waals surface area contributed by atoms with Crippen LogP contribution in [0.1, 0.15) is 19.4 Å². The zero-order valence-corrected chi connectivity index (χ0v) is 14.9. The number of carbonyl (C=O) groups is 1. The second-order valence-corrected chi connectivity index (χ2v) is 11.2. The van der Waals surface area contributed by atoms with Gasteiger partial charge in [-0.2, -0.15) is 0 Å². The van der Waals surface area contributed by atoms with Gasteiger partial charge in [0.1, 0.15) is 0 Å². The van der Waals surface area contributed by atoms with Gasteiger partial charge in [-0.1, -0.05) is 61.7 Å². The summed E-state index contributed by atoms with van der Waals surface area (Å²) in [7, 11) is -1.29. The standard InChI is InChI=1S/C18H27NOSi/c1-6-19(7-2)18(20)15-17(13-14-21(3,4)5)16-11-9-8-10-12-16/h8-15H,6-7H2,1-5H3/b14-13+,17-15+. The van der Waals surface area contributed by atoms with Gasteiger partial charge < -0.3 is 4.90 Å². The third-order valence-electron chi connectivity index (χ3n) is 3.22. The highest BCUT2D eigenvalue weighted by Gasteiger charge is 2.11. The molecule has 0 unspecified atom stereocenters. The first-order chi connectivity index (χ1) is 9.87. The first-order valence-electron chi connectivity index (χ1n) is 7.62. The van der Waals surface area contributed by atoms with Crippen molar-refractivity contribution in [1.82, 2.24) is 4.90 Å². The van der Waals surface area contributed by atoms with E-state index in [0.29, 0.717) is 0 Å². The van der Waals surface area contributed by atoms with E-state index in [1.54, 1.807) is 6.08 Å². The molecule has 0 saturated carbocycles. The summed E-state index contributed by atoms with van der Waals surface area (Å²) in [5, 5.41) is 0. The number of carbonyl (C=O) groups excluding carboxylic acids is 1. The first kappa shape index (κ1) is 17.4. The van der Waals surface area contributed by atoms with E-state index >= 15 is 0 Å². The van der Waals surface area contributed by atoms with E-state index in [4.69, 9.17) is 0 Å². The van der Waals surface area contributed by atoms with Crippen molar-refractivity contribution in [1.29, 1.82) is 0 Å². The van der Waals surface area contributed by atoms with Crippen LogP contribution in [0.2, 0.25) is 19.6 Å². The van der Waals surface area contributed by atoms with Crippen molar-refractivity contribution < 1.29 is 4.79 Å². The summed E-state index contributed by atoms with van der Waals surface area (Å²) in [5.74, 6) is 0.0825. The van der Waals surface area contributed by atoms with Crippen molar-refractivity contribution in [2.24, 2.45) is 0 Å². The molecule has 0 aromatic heterocycles. The minimum absolute atomic E-state index is 0.0825. The molecule has 0 bridgehead atoms. The second kappa shape index (κ2) is 7.98. The van der Waals surface area contributed by atoms with Crippen LogP contribution < -0.4 is 0 Å². The molecule has 0 radical (unpaired) electrons. The fraction of sp³-hybridized carbons (Fsp3) is 0.389. The number of benzene rings is 1. The molecule has 0 saturated heterocycles. The Hall–Kier alpha value is -1.61. The molecule has 0 aliphatic rings. The number of allylic oxidation sites excluding steroid dienone is 2. The lowest BCUT2D eigenvalue weighted by Gasteiger charge is -2.17. The van der Waals surface area contributed by atoms with Crippen LogP contribution in [0.3, 0.4) is 0 Å². The van der Waals surface area contributed by atoms with Crippen molar-refractivity contribution in [3.05, 3.63) is 53.7 Å². The van der Waals surface area contributed by atoms with E-state index in [1.165, 1.54) is 0 Å². The van der Waals surface area contributed by atoms with Gasteiger partial charge in [-0.3, -0.25) is 4.79 Å². The van der Waals surface area contributed by atoms with Crippen molar-refractivity contribution in [3.63, 3.8) is 0 Å². The van der Waals surface area contributed by atoms with Gasteiger partial charge in [-0.15, -0.1) is 0 Å². The Kier molecular flexibility index (Phi) is 6.63. The highest BCUT2D eigenvalue weighted by atomic mass is 28.3. The van der Waals surface area contributed by atoms with Crippen LogP contribution in [0, 0.1) is 0 Å². The van der Waals surface area contributed by atoms with E-state index in [-0.39, 0.29) is 5.91 Å². The predicted molar refractivity (Wildman–Crippen MR) is 94.8 cm³/mol. The summed E-state index contributed by atoms with van der Waals surface area (Å²) in [6.45, 7) is 12.4. The van der Waals surface area contributed by atoms with Crippen LogP contribution >= 0.6 is 0 Å². The lowest BCUT2D eigenvalue weighted by atomic mass is 10.1. The van der Waals surface area contributed by atoms with Crippen LogP contribution in [0.4, 0.5) is 0 Å². The summed E-state index contributed by atoms with van der Waals surface area (Å²) >= 11 is 0. The van der Waals surface area contributed by atoms with Crippen molar-refractivity contribution in [2.45, 2.75) is 33.5 Å². The number of likely N-dealkylation sites (N-methyl/N-ethyl adjacent to an activating group) is 1. The van der Waals surface area contributed by atoms with Gasteiger partial charge >= 0.3 is 0 Å². The Labute approximate surface area is 130 Å². The largest absolute Gasteiger partial charge is 0.340 e. The Bertz CT molecular complexity index is 508. The van der Waals surface area contributed by atoms with Crippen LogP contribution in [-0.4, -0.2) is 32.0 Å². The average molecular weight is 302 g/mol. The van der Waals surface area contributed by atoms with Gasteiger partial charge in [0.2, 0.25) is 5.91 Å². The fourth-order valence-electron chi connectivity index (χ4n) is 1.96. The Morgan fingerprint density at radius 1 is 1.10 bits per heavy atom. The molecule has 0 aliphatic carbocycles. The Morgan fingerprint density at radius 2 is 1.67 bits per heavy atom. The average Bonchev–Trinajstić information content (AvgIpc) is 2.44. The van der Waals surface area contributed by atoms with Gasteiger partial charge in [-0.25, -0.2) is 0 Å². The van der Waals surface area contributed by atoms with E-state index in [0.717, 1.165) is 24.2 Å². The zero-order valence-electron chi connectivity index (χ0n) is 13.9. The van der Waals surface area contributed by atoms with Gasteiger partial charge in [0.15, 0.2) is 0 Å². The monoisotopic (exact) mass is 301 g/mol. The molecular weight excluding hydrogens is 274 g/mol. The molecule has 3 heteroatoms. The molecule has 0 heterocycles. The SMILES string of the molecule is CCN(CC)C(=O)/C=C(\C=C\[Si](C)(C)C)c1ccccc1. The molecule has 1 aromatic rings. The van der Waals surface area contributed by atoms with Crippen LogP contribution in [0.5, 0.6) is 0 Å². The van der Waals surface area contributed by atoms with Crippen LogP contribution in [-0.2, 0) is 4.79 Å². The van der Waals surface area contributed by atoms with Gasteiger partial charge in [-0.05, 0) is 25.0 Å². The molecule has 114 valence electrons. The first-order valence-corrected chi connectivity index (χ1v) is 11.2. The Morgan fingerprint density at radius 3 is 2.14 bits per heavy atom. The van der Waals surface area contributed by atoms with E-state index in [9.17, 15) is 4.79 Å². The van der Waals surface area contributed by atoms with Gasteiger partial charge in [0, 0.05) is 19.2 Å². The highest BCUT2D eigenvalue weighted by molar-refractivity contribution is 6.81. The Balaban J connectivity index is 3.14. The molecule has 0 N–H and O–H groups in total. The maximum absolute atomic E-state index is 12.3. The number of rotatable bonds is 6. The molecule has 21 heavy (non-hydrogen) atoms. The van der Waals surface area contributed by atoms with Crippen LogP contribution in [0.15, 0.2) is 48.2 Å². The summed E-state index contributed by atoms with van der Waals surface area (Å²) in [6.07, 6.45) is 3.88. The van der Waals surface area contributed by atoms with E-state index in [1.807, 2.05) is 36.9 Å². The van der Waals surface area contributed by atoms with Crippen molar-refractivity contribution in [2.75, 3.05) is 13.1 Å². The third-order valence-corrected chi connectivity index (χ3v) is 4.39. The molecule has 0 atom stereocenters. The van der Waals surface area contributed by atoms with Gasteiger partial charge in [0.25, 0.3) is 0 Å². The lowest BCUT2D eigenvalue weighted by molar-refractivity contribution is -0.125. The van der Waals surface area contributed by atoms with E-state index in [2.05, 4.69) is 43.5 Å². The smallest absolute Gasteiger partial charge is 0.247 e. The lowest BCUT2D eigenvalue weighted by Crippen LogP contribution is -2.28. The quantitative estimate of drug-likeness (QED) is 0.434. The number of amides is 1. The molecule has 0 spiro atoms. The van der Waals surface area contributed by atoms with Crippen molar-refractivity contribution >= 4 is 19.6 Å². The summed E-state index contributed by atoms with van der Waals surface area (Å²) < 4.78 is 0. The summed E-state index contributed by atoms with van der Waals surface area (Å²) in [5.41, 5.74) is 4.36. The minimum atomic E-state index is -1.29. The zero-order chi connectivity index (χ0) is 15.9. The maximum Gasteiger partial charge on any atom is 0.247 e. The molecule has 0 fully saturated rings. The maximum atomic E-state index is 12.3. The number of nitrogens with zero attached hydrogens (tertiary/aromatic N) is 1. The molecule has 1 amide bonds. The van der Waals surface area contributed by atoms with E-state index < -0.39 is 8.07 Å². The molecule has 1 aromatic carbocycles. The molecule has 1 rings (SSSR count).